The van der Waals surface area contributed by atoms with Gasteiger partial charge >= 0.3 is 0 Å². The molecule has 0 aromatic carbocycles. The van der Waals surface area contributed by atoms with Gasteiger partial charge in [-0.1, -0.05) is 0 Å². The summed E-state index contributed by atoms with van der Waals surface area (Å²) in [6.45, 7) is 0. The average molecular weight is 330 g/mol. The highest BCUT2D eigenvalue weighted by atomic mass is 79.9. The summed E-state index contributed by atoms with van der Waals surface area (Å²) in [4.78, 5) is 12.1. The standard InChI is InChI=1S/C9H6Br2N4/c10-6-3-15-9(7(11)8(6)12)5-1-13-4-14-2-5/h1-4H,(H2,12,15). The van der Waals surface area contributed by atoms with Crippen LogP contribution in [-0.4, -0.2) is 15.0 Å². The van der Waals surface area contributed by atoms with Crippen LogP contribution in [-0.2, 0) is 0 Å². The number of halogens is 2. The zero-order valence-electron chi connectivity index (χ0n) is 7.48. The molecule has 0 unspecified atom stereocenters. The van der Waals surface area contributed by atoms with Crippen molar-refractivity contribution in [2.24, 2.45) is 0 Å². The highest BCUT2D eigenvalue weighted by molar-refractivity contribution is 9.11. The lowest BCUT2D eigenvalue weighted by molar-refractivity contribution is 1.15. The maximum atomic E-state index is 5.85. The minimum absolute atomic E-state index is 0.615. The minimum atomic E-state index is 0.615. The van der Waals surface area contributed by atoms with Crippen molar-refractivity contribution in [1.82, 2.24) is 15.0 Å². The number of nitrogens with zero attached hydrogens (tertiary/aromatic N) is 3. The second-order valence-corrected chi connectivity index (χ2v) is 4.46. The number of hydrogen-bond acceptors (Lipinski definition) is 4. The zero-order chi connectivity index (χ0) is 10.8. The Morgan fingerprint density at radius 3 is 2.40 bits per heavy atom. The molecule has 0 amide bonds. The summed E-state index contributed by atoms with van der Waals surface area (Å²) in [5.41, 5.74) is 8.02. The second kappa shape index (κ2) is 4.24. The van der Waals surface area contributed by atoms with Crippen molar-refractivity contribution in [2.75, 3.05) is 5.73 Å². The van der Waals surface area contributed by atoms with E-state index in [1.165, 1.54) is 6.33 Å². The highest BCUT2D eigenvalue weighted by Gasteiger charge is 2.10. The van der Waals surface area contributed by atoms with Crippen LogP contribution in [0.3, 0.4) is 0 Å². The molecule has 2 aromatic rings. The summed E-state index contributed by atoms with van der Waals surface area (Å²) in [6, 6.07) is 0. The van der Waals surface area contributed by atoms with Gasteiger partial charge in [0.25, 0.3) is 0 Å². The Kier molecular flexibility index (Phi) is 2.97. The number of aromatic nitrogens is 3. The van der Waals surface area contributed by atoms with E-state index < -0.39 is 0 Å². The first-order valence-electron chi connectivity index (χ1n) is 4.05. The van der Waals surface area contributed by atoms with Gasteiger partial charge in [-0.3, -0.25) is 4.98 Å². The Labute approximate surface area is 103 Å². The number of nitrogen functional groups attached to an aromatic ring is 1. The van der Waals surface area contributed by atoms with Gasteiger partial charge in [-0.05, 0) is 31.9 Å². The normalized spacial score (nSPS) is 10.3. The van der Waals surface area contributed by atoms with Gasteiger partial charge in [-0.25, -0.2) is 9.97 Å². The maximum absolute atomic E-state index is 5.85. The fourth-order valence-electron chi connectivity index (χ4n) is 1.10. The predicted octanol–water partition coefficient (Wildman–Crippen LogP) is 2.65. The van der Waals surface area contributed by atoms with Crippen molar-refractivity contribution in [3.8, 4) is 11.3 Å². The van der Waals surface area contributed by atoms with Gasteiger partial charge in [0.2, 0.25) is 0 Å². The molecular weight excluding hydrogens is 324 g/mol. The number of anilines is 1. The fraction of sp³-hybridized carbons (Fsp3) is 0. The van der Waals surface area contributed by atoms with E-state index in [9.17, 15) is 0 Å². The van der Waals surface area contributed by atoms with E-state index in [0.29, 0.717) is 5.69 Å². The third-order valence-electron chi connectivity index (χ3n) is 1.84. The van der Waals surface area contributed by atoms with Gasteiger partial charge in [-0.2, -0.15) is 0 Å². The molecule has 4 nitrogen and oxygen atoms in total. The van der Waals surface area contributed by atoms with Crippen LogP contribution in [0.4, 0.5) is 5.69 Å². The van der Waals surface area contributed by atoms with Crippen molar-refractivity contribution in [2.45, 2.75) is 0 Å². The quantitative estimate of drug-likeness (QED) is 0.873. The topological polar surface area (TPSA) is 64.7 Å². The van der Waals surface area contributed by atoms with Crippen molar-refractivity contribution in [1.29, 1.82) is 0 Å². The molecule has 15 heavy (non-hydrogen) atoms. The Bertz CT molecular complexity index is 487. The fourth-order valence-corrected chi connectivity index (χ4v) is 2.21. The molecule has 0 aliphatic carbocycles. The summed E-state index contributed by atoms with van der Waals surface area (Å²) >= 11 is 6.70. The molecule has 2 aromatic heterocycles. The Balaban J connectivity index is 2.60. The number of pyridine rings is 1. The van der Waals surface area contributed by atoms with E-state index in [0.717, 1.165) is 20.2 Å². The largest absolute Gasteiger partial charge is 0.397 e. The predicted molar refractivity (Wildman–Crippen MR) is 65.1 cm³/mol. The lowest BCUT2D eigenvalue weighted by Crippen LogP contribution is -1.94. The summed E-state index contributed by atoms with van der Waals surface area (Å²) in [7, 11) is 0. The monoisotopic (exact) mass is 328 g/mol. The summed E-state index contributed by atoms with van der Waals surface area (Å²) in [5, 5.41) is 0. The van der Waals surface area contributed by atoms with E-state index >= 15 is 0 Å². The van der Waals surface area contributed by atoms with Gasteiger partial charge in [0.05, 0.1) is 20.3 Å². The lowest BCUT2D eigenvalue weighted by atomic mass is 10.2. The second-order valence-electron chi connectivity index (χ2n) is 2.81. The number of rotatable bonds is 1. The number of nitrogens with two attached hydrogens (primary N) is 1. The first kappa shape index (κ1) is 10.5. The van der Waals surface area contributed by atoms with Gasteiger partial charge in [0.15, 0.2) is 0 Å². The van der Waals surface area contributed by atoms with E-state index in [4.69, 9.17) is 5.73 Å². The first-order chi connectivity index (χ1) is 7.20. The average Bonchev–Trinajstić information content (AvgIpc) is 2.27. The van der Waals surface area contributed by atoms with Gasteiger partial charge in [-0.15, -0.1) is 0 Å². The van der Waals surface area contributed by atoms with Gasteiger partial charge < -0.3 is 5.73 Å². The highest BCUT2D eigenvalue weighted by Crippen LogP contribution is 2.34. The van der Waals surface area contributed by atoms with Crippen LogP contribution >= 0.6 is 31.9 Å². The molecule has 76 valence electrons. The molecular formula is C9H6Br2N4. The third-order valence-corrected chi connectivity index (χ3v) is 3.28. The molecule has 2 heterocycles. The van der Waals surface area contributed by atoms with E-state index in [1.54, 1.807) is 18.6 Å². The maximum Gasteiger partial charge on any atom is 0.115 e. The molecule has 0 fully saturated rings. The molecule has 2 rings (SSSR count). The summed E-state index contributed by atoms with van der Waals surface area (Å²) in [5.74, 6) is 0. The number of hydrogen-bond donors (Lipinski definition) is 1. The van der Waals surface area contributed by atoms with E-state index in [2.05, 4.69) is 46.8 Å². The van der Waals surface area contributed by atoms with Gasteiger partial charge in [0.1, 0.15) is 6.33 Å². The molecule has 0 aliphatic heterocycles. The molecule has 0 saturated carbocycles. The summed E-state index contributed by atoms with van der Waals surface area (Å²) < 4.78 is 1.50. The molecule has 0 radical (unpaired) electrons. The van der Waals surface area contributed by atoms with Crippen molar-refractivity contribution in [3.05, 3.63) is 33.9 Å². The lowest BCUT2D eigenvalue weighted by Gasteiger charge is -2.06. The molecule has 0 atom stereocenters. The van der Waals surface area contributed by atoms with Crippen molar-refractivity contribution in [3.63, 3.8) is 0 Å². The van der Waals surface area contributed by atoms with Crippen LogP contribution in [0.2, 0.25) is 0 Å². The van der Waals surface area contributed by atoms with Crippen LogP contribution in [0, 0.1) is 0 Å². The molecule has 2 N–H and O–H groups in total. The minimum Gasteiger partial charge on any atom is -0.397 e. The zero-order valence-corrected chi connectivity index (χ0v) is 10.7. The van der Waals surface area contributed by atoms with Crippen LogP contribution in [0.25, 0.3) is 11.3 Å². The molecule has 0 saturated heterocycles. The molecule has 0 aliphatic rings. The van der Waals surface area contributed by atoms with Crippen molar-refractivity contribution < 1.29 is 0 Å². The smallest absolute Gasteiger partial charge is 0.115 e. The van der Waals surface area contributed by atoms with E-state index in [1.807, 2.05) is 0 Å². The first-order valence-corrected chi connectivity index (χ1v) is 5.63. The Hall–Kier alpha value is -1.01. The van der Waals surface area contributed by atoms with Crippen LogP contribution < -0.4 is 5.73 Å². The summed E-state index contributed by atoms with van der Waals surface area (Å²) in [6.07, 6.45) is 6.50. The van der Waals surface area contributed by atoms with Gasteiger partial charge in [0, 0.05) is 24.2 Å². The molecule has 0 bridgehead atoms. The van der Waals surface area contributed by atoms with E-state index in [-0.39, 0.29) is 0 Å². The Morgan fingerprint density at radius 1 is 1.07 bits per heavy atom. The van der Waals surface area contributed by atoms with Crippen LogP contribution in [0.15, 0.2) is 33.9 Å². The molecule has 6 heteroatoms. The molecule has 0 spiro atoms. The van der Waals surface area contributed by atoms with Crippen LogP contribution in [0.1, 0.15) is 0 Å². The Morgan fingerprint density at radius 2 is 1.73 bits per heavy atom. The SMILES string of the molecule is Nc1c(Br)cnc(-c2cncnc2)c1Br. The van der Waals surface area contributed by atoms with Crippen molar-refractivity contribution >= 4 is 37.5 Å². The third kappa shape index (κ3) is 2.00. The van der Waals surface area contributed by atoms with Crippen LogP contribution in [0.5, 0.6) is 0 Å².